The van der Waals surface area contributed by atoms with Gasteiger partial charge < -0.3 is 9.64 Å². The van der Waals surface area contributed by atoms with Crippen LogP contribution in [-0.4, -0.2) is 40.5 Å². The van der Waals surface area contributed by atoms with E-state index in [-0.39, 0.29) is 24.6 Å². The van der Waals surface area contributed by atoms with Crippen molar-refractivity contribution in [3.63, 3.8) is 0 Å². The molecule has 31 heavy (non-hydrogen) atoms. The third-order valence-electron chi connectivity index (χ3n) is 6.20. The van der Waals surface area contributed by atoms with Crippen LogP contribution in [0.25, 0.3) is 22.2 Å². The summed E-state index contributed by atoms with van der Waals surface area (Å²) in [5.41, 5.74) is 3.63. The maximum absolute atomic E-state index is 13.2. The van der Waals surface area contributed by atoms with E-state index in [0.29, 0.717) is 5.56 Å². The normalized spacial score (nSPS) is 18.7. The molecule has 1 saturated heterocycles. The van der Waals surface area contributed by atoms with E-state index in [1.54, 1.807) is 0 Å². The van der Waals surface area contributed by atoms with Crippen molar-refractivity contribution in [1.29, 1.82) is 0 Å². The Kier molecular flexibility index (Phi) is 6.03. The standard InChI is InChI=1S/C26H28N2O3/c1-17-10-9-11-18(2)28(17)23(29)16-31-26(30)24-19(3)25(20-12-5-4-6-13-20)27-22-15-8-7-14-21(22)24/h4-8,12-15,17-18H,9-11,16H2,1-3H3/t17-,18+. The maximum atomic E-state index is 13.2. The van der Waals surface area contributed by atoms with Crippen LogP contribution in [0.4, 0.5) is 0 Å². The predicted octanol–water partition coefficient (Wildman–Crippen LogP) is 5.16. The van der Waals surface area contributed by atoms with Crippen LogP contribution in [0.3, 0.4) is 0 Å². The van der Waals surface area contributed by atoms with Crippen LogP contribution >= 0.6 is 0 Å². The lowest BCUT2D eigenvalue weighted by molar-refractivity contribution is -0.140. The average Bonchev–Trinajstić information content (AvgIpc) is 2.77. The van der Waals surface area contributed by atoms with E-state index in [1.165, 1.54) is 0 Å². The molecule has 0 saturated carbocycles. The summed E-state index contributed by atoms with van der Waals surface area (Å²) in [6.07, 6.45) is 3.09. The van der Waals surface area contributed by atoms with Crippen molar-refractivity contribution in [2.75, 3.05) is 6.61 Å². The van der Waals surface area contributed by atoms with Crippen molar-refractivity contribution < 1.29 is 14.3 Å². The minimum atomic E-state index is -0.487. The molecule has 1 fully saturated rings. The molecule has 5 nitrogen and oxygen atoms in total. The van der Waals surface area contributed by atoms with Crippen LogP contribution in [0.1, 0.15) is 49.0 Å². The van der Waals surface area contributed by atoms with Crippen molar-refractivity contribution in [3.05, 3.63) is 65.7 Å². The van der Waals surface area contributed by atoms with Gasteiger partial charge in [0.25, 0.3) is 5.91 Å². The smallest absolute Gasteiger partial charge is 0.339 e. The number of carbonyl (C=O) groups excluding carboxylic acids is 2. The van der Waals surface area contributed by atoms with E-state index in [1.807, 2.05) is 66.4 Å². The number of esters is 1. The third-order valence-corrected chi connectivity index (χ3v) is 6.20. The Morgan fingerprint density at radius 3 is 2.35 bits per heavy atom. The van der Waals surface area contributed by atoms with Crippen LogP contribution in [0.5, 0.6) is 0 Å². The van der Waals surface area contributed by atoms with E-state index in [4.69, 9.17) is 9.72 Å². The van der Waals surface area contributed by atoms with Crippen molar-refractivity contribution in [3.8, 4) is 11.3 Å². The molecular formula is C26H28N2O3. The summed E-state index contributed by atoms with van der Waals surface area (Å²) in [7, 11) is 0. The number of para-hydroxylation sites is 1. The Bertz CT molecular complexity index is 1100. The molecule has 0 spiro atoms. The number of fused-ring (bicyclic) bond motifs is 1. The van der Waals surface area contributed by atoms with Crippen molar-refractivity contribution in [1.82, 2.24) is 9.88 Å². The highest BCUT2D eigenvalue weighted by atomic mass is 16.5. The minimum absolute atomic E-state index is 0.132. The fourth-order valence-corrected chi connectivity index (χ4v) is 4.63. The van der Waals surface area contributed by atoms with Gasteiger partial charge in [-0.05, 0) is 51.7 Å². The molecule has 1 amide bonds. The van der Waals surface area contributed by atoms with Gasteiger partial charge in [-0.1, -0.05) is 48.5 Å². The molecule has 1 aliphatic heterocycles. The Morgan fingerprint density at radius 1 is 1.00 bits per heavy atom. The molecule has 4 rings (SSSR count). The number of rotatable bonds is 4. The summed E-state index contributed by atoms with van der Waals surface area (Å²) in [4.78, 5) is 32.7. The zero-order valence-electron chi connectivity index (χ0n) is 18.3. The molecule has 3 aromatic rings. The van der Waals surface area contributed by atoms with Gasteiger partial charge in [0.2, 0.25) is 0 Å². The molecule has 2 heterocycles. The monoisotopic (exact) mass is 416 g/mol. The topological polar surface area (TPSA) is 59.5 Å². The number of hydrogen-bond donors (Lipinski definition) is 0. The molecule has 1 aromatic heterocycles. The van der Waals surface area contributed by atoms with Crippen LogP contribution in [-0.2, 0) is 9.53 Å². The fraction of sp³-hybridized carbons (Fsp3) is 0.346. The third kappa shape index (κ3) is 4.18. The number of pyridine rings is 1. The highest BCUT2D eigenvalue weighted by molar-refractivity contribution is 6.06. The van der Waals surface area contributed by atoms with Gasteiger partial charge >= 0.3 is 5.97 Å². The molecule has 2 atom stereocenters. The lowest BCUT2D eigenvalue weighted by Gasteiger charge is -2.38. The summed E-state index contributed by atoms with van der Waals surface area (Å²) >= 11 is 0. The second kappa shape index (κ2) is 8.88. The van der Waals surface area contributed by atoms with E-state index >= 15 is 0 Å². The predicted molar refractivity (Wildman–Crippen MR) is 122 cm³/mol. The summed E-state index contributed by atoms with van der Waals surface area (Å²) in [5, 5.41) is 0.733. The number of nitrogens with zero attached hydrogens (tertiary/aromatic N) is 2. The van der Waals surface area contributed by atoms with Gasteiger partial charge in [0.1, 0.15) is 0 Å². The molecule has 2 aromatic carbocycles. The van der Waals surface area contributed by atoms with E-state index < -0.39 is 5.97 Å². The highest BCUT2D eigenvalue weighted by Crippen LogP contribution is 2.30. The van der Waals surface area contributed by atoms with Crippen molar-refractivity contribution in [2.24, 2.45) is 0 Å². The van der Waals surface area contributed by atoms with Crippen LogP contribution < -0.4 is 0 Å². The first-order chi connectivity index (χ1) is 15.0. The fourth-order valence-electron chi connectivity index (χ4n) is 4.63. The first-order valence-electron chi connectivity index (χ1n) is 10.9. The van der Waals surface area contributed by atoms with Crippen LogP contribution in [0.2, 0.25) is 0 Å². The molecule has 0 radical (unpaired) electrons. The molecule has 0 aliphatic carbocycles. The number of carbonyl (C=O) groups is 2. The Hall–Kier alpha value is -3.21. The highest BCUT2D eigenvalue weighted by Gasteiger charge is 2.30. The van der Waals surface area contributed by atoms with Crippen LogP contribution in [0, 0.1) is 6.92 Å². The van der Waals surface area contributed by atoms with Gasteiger partial charge in [0.05, 0.1) is 16.8 Å². The van der Waals surface area contributed by atoms with Gasteiger partial charge in [-0.25, -0.2) is 9.78 Å². The summed E-state index contributed by atoms with van der Waals surface area (Å²) in [5.74, 6) is -0.619. The number of likely N-dealkylation sites (tertiary alicyclic amines) is 1. The summed E-state index contributed by atoms with van der Waals surface area (Å²) < 4.78 is 5.56. The number of benzene rings is 2. The Balaban J connectivity index is 1.64. The molecule has 0 N–H and O–H groups in total. The minimum Gasteiger partial charge on any atom is -0.452 e. The molecule has 1 aliphatic rings. The van der Waals surface area contributed by atoms with Crippen LogP contribution in [0.15, 0.2) is 54.6 Å². The van der Waals surface area contributed by atoms with Gasteiger partial charge in [-0.15, -0.1) is 0 Å². The number of piperidine rings is 1. The molecular weight excluding hydrogens is 388 g/mol. The van der Waals surface area contributed by atoms with Crippen molar-refractivity contribution in [2.45, 2.75) is 52.1 Å². The summed E-state index contributed by atoms with van der Waals surface area (Å²) in [6, 6.07) is 17.7. The number of hydrogen-bond acceptors (Lipinski definition) is 4. The molecule has 5 heteroatoms. The van der Waals surface area contributed by atoms with E-state index in [0.717, 1.165) is 47.0 Å². The van der Waals surface area contributed by atoms with Gasteiger partial charge in [0.15, 0.2) is 6.61 Å². The zero-order chi connectivity index (χ0) is 22.0. The SMILES string of the molecule is Cc1c(-c2ccccc2)nc2ccccc2c1C(=O)OCC(=O)N1[C@H](C)CCC[C@@H]1C. The molecule has 160 valence electrons. The van der Waals surface area contributed by atoms with E-state index in [9.17, 15) is 9.59 Å². The maximum Gasteiger partial charge on any atom is 0.339 e. The summed E-state index contributed by atoms with van der Waals surface area (Å²) in [6.45, 7) is 5.75. The average molecular weight is 417 g/mol. The largest absolute Gasteiger partial charge is 0.452 e. The second-order valence-corrected chi connectivity index (χ2v) is 8.35. The Labute approximate surface area is 183 Å². The van der Waals surface area contributed by atoms with Gasteiger partial charge in [-0.3, -0.25) is 4.79 Å². The van der Waals surface area contributed by atoms with Gasteiger partial charge in [-0.2, -0.15) is 0 Å². The second-order valence-electron chi connectivity index (χ2n) is 8.35. The quantitative estimate of drug-likeness (QED) is 0.552. The molecule has 0 bridgehead atoms. The number of amides is 1. The zero-order valence-corrected chi connectivity index (χ0v) is 18.3. The molecule has 0 unspecified atom stereocenters. The number of aromatic nitrogens is 1. The van der Waals surface area contributed by atoms with Gasteiger partial charge in [0, 0.05) is 23.0 Å². The Morgan fingerprint density at radius 2 is 1.65 bits per heavy atom. The van der Waals surface area contributed by atoms with Crippen molar-refractivity contribution >= 4 is 22.8 Å². The first-order valence-corrected chi connectivity index (χ1v) is 10.9. The first kappa shape index (κ1) is 21.0. The number of ether oxygens (including phenoxy) is 1. The lowest BCUT2D eigenvalue weighted by atomic mass is 9.97. The van der Waals surface area contributed by atoms with E-state index in [2.05, 4.69) is 13.8 Å². The lowest BCUT2D eigenvalue weighted by Crippen LogP contribution is -2.49.